The summed E-state index contributed by atoms with van der Waals surface area (Å²) < 4.78 is 10.8. The maximum absolute atomic E-state index is 12.8. The van der Waals surface area contributed by atoms with Crippen LogP contribution in [0.25, 0.3) is 10.2 Å². The molecule has 2 aromatic carbocycles. The molecule has 1 aliphatic rings. The Labute approximate surface area is 183 Å². The van der Waals surface area contributed by atoms with Crippen molar-refractivity contribution < 1.29 is 14.3 Å². The van der Waals surface area contributed by atoms with Gasteiger partial charge in [0.2, 0.25) is 6.79 Å². The van der Waals surface area contributed by atoms with Crippen LogP contribution in [0.2, 0.25) is 0 Å². The normalized spacial score (nSPS) is 12.2. The molecule has 0 saturated carbocycles. The number of hydrogen-bond acceptors (Lipinski definition) is 7. The Balaban J connectivity index is 1.35. The summed E-state index contributed by atoms with van der Waals surface area (Å²) in [6, 6.07) is 15.7. The number of ether oxygens (including phenoxy) is 2. The second-order valence-electron chi connectivity index (χ2n) is 7.17. The lowest BCUT2D eigenvalue weighted by Gasteiger charge is -2.08. The van der Waals surface area contributed by atoms with E-state index in [9.17, 15) is 4.79 Å². The van der Waals surface area contributed by atoms with Gasteiger partial charge in [0.15, 0.2) is 11.5 Å². The minimum absolute atomic E-state index is 0.105. The van der Waals surface area contributed by atoms with Gasteiger partial charge >= 0.3 is 0 Å². The zero-order valence-corrected chi connectivity index (χ0v) is 17.7. The predicted molar refractivity (Wildman–Crippen MR) is 120 cm³/mol. The number of rotatable bonds is 6. The van der Waals surface area contributed by atoms with Gasteiger partial charge in [0, 0.05) is 13.1 Å². The van der Waals surface area contributed by atoms with Gasteiger partial charge in [-0.15, -0.1) is 11.3 Å². The van der Waals surface area contributed by atoms with Gasteiger partial charge in [0.05, 0.1) is 10.3 Å². The van der Waals surface area contributed by atoms with Crippen molar-refractivity contribution in [2.75, 3.05) is 12.1 Å². The van der Waals surface area contributed by atoms with Gasteiger partial charge in [-0.25, -0.2) is 9.97 Å². The number of carbonyl (C=O) groups excluding carboxylic acids is 1. The molecule has 0 radical (unpaired) electrons. The van der Waals surface area contributed by atoms with E-state index in [2.05, 4.69) is 20.6 Å². The number of aryl methyl sites for hydroxylation is 1. The molecule has 2 N–H and O–H groups in total. The smallest absolute Gasteiger partial charge is 0.261 e. The van der Waals surface area contributed by atoms with E-state index >= 15 is 0 Å². The van der Waals surface area contributed by atoms with E-state index in [0.717, 1.165) is 38.4 Å². The van der Waals surface area contributed by atoms with Crippen molar-refractivity contribution in [2.24, 2.45) is 0 Å². The first kappa shape index (κ1) is 19.3. The van der Waals surface area contributed by atoms with Crippen LogP contribution >= 0.6 is 11.3 Å². The van der Waals surface area contributed by atoms with Crippen molar-refractivity contribution >= 4 is 33.3 Å². The van der Waals surface area contributed by atoms with Crippen molar-refractivity contribution in [1.29, 1.82) is 0 Å². The Bertz CT molecular complexity index is 1260. The molecule has 4 aromatic rings. The molecule has 2 aromatic heterocycles. The highest BCUT2D eigenvalue weighted by atomic mass is 32.1. The highest BCUT2D eigenvalue weighted by molar-refractivity contribution is 7.20. The molecule has 0 saturated heterocycles. The van der Waals surface area contributed by atoms with Gasteiger partial charge in [0.1, 0.15) is 17.0 Å². The topological polar surface area (TPSA) is 85.4 Å². The van der Waals surface area contributed by atoms with Gasteiger partial charge in [-0.2, -0.15) is 0 Å². The SMILES string of the molecule is Cc1c(C(=O)NCc2ccccc2)sc2ncnc(NCc3ccc4c(c3)OCO4)c12. The van der Waals surface area contributed by atoms with E-state index in [-0.39, 0.29) is 12.7 Å². The summed E-state index contributed by atoms with van der Waals surface area (Å²) in [6.45, 7) is 3.23. The molecule has 0 unspecified atom stereocenters. The van der Waals surface area contributed by atoms with Crippen molar-refractivity contribution in [1.82, 2.24) is 15.3 Å². The molecule has 0 bridgehead atoms. The van der Waals surface area contributed by atoms with Crippen LogP contribution in [0.15, 0.2) is 54.9 Å². The van der Waals surface area contributed by atoms with E-state index in [4.69, 9.17) is 9.47 Å². The first-order valence-corrected chi connectivity index (χ1v) is 10.7. The van der Waals surface area contributed by atoms with E-state index < -0.39 is 0 Å². The van der Waals surface area contributed by atoms with Gasteiger partial charge in [-0.3, -0.25) is 4.79 Å². The largest absolute Gasteiger partial charge is 0.454 e. The summed E-state index contributed by atoms with van der Waals surface area (Å²) in [4.78, 5) is 23.0. The number of fused-ring (bicyclic) bond motifs is 2. The summed E-state index contributed by atoms with van der Waals surface area (Å²) in [6.07, 6.45) is 1.52. The quantitative estimate of drug-likeness (QED) is 0.473. The molecule has 1 aliphatic heterocycles. The van der Waals surface area contributed by atoms with Crippen LogP contribution in [0.1, 0.15) is 26.4 Å². The molecule has 8 heteroatoms. The minimum Gasteiger partial charge on any atom is -0.454 e. The third-order valence-electron chi connectivity index (χ3n) is 5.13. The van der Waals surface area contributed by atoms with Crippen molar-refractivity contribution in [2.45, 2.75) is 20.0 Å². The number of aromatic nitrogens is 2. The molecular weight excluding hydrogens is 412 g/mol. The zero-order valence-electron chi connectivity index (χ0n) is 16.8. The summed E-state index contributed by atoms with van der Waals surface area (Å²) >= 11 is 1.38. The van der Waals surface area contributed by atoms with Crippen LogP contribution in [0, 0.1) is 6.92 Å². The summed E-state index contributed by atoms with van der Waals surface area (Å²) in [5.41, 5.74) is 2.98. The molecule has 1 amide bonds. The van der Waals surface area contributed by atoms with Crippen LogP contribution < -0.4 is 20.1 Å². The third kappa shape index (κ3) is 3.89. The molecule has 0 aliphatic carbocycles. The van der Waals surface area contributed by atoms with Crippen molar-refractivity contribution in [3.63, 3.8) is 0 Å². The fraction of sp³-hybridized carbons (Fsp3) is 0.174. The third-order valence-corrected chi connectivity index (χ3v) is 6.32. The summed E-state index contributed by atoms with van der Waals surface area (Å²) in [7, 11) is 0. The fourth-order valence-electron chi connectivity index (χ4n) is 3.52. The van der Waals surface area contributed by atoms with E-state index in [0.29, 0.717) is 23.8 Å². The van der Waals surface area contributed by atoms with Gasteiger partial charge in [-0.1, -0.05) is 36.4 Å². The second-order valence-corrected chi connectivity index (χ2v) is 8.17. The maximum Gasteiger partial charge on any atom is 0.261 e. The molecule has 7 nitrogen and oxygen atoms in total. The monoisotopic (exact) mass is 432 g/mol. The Morgan fingerprint density at radius 1 is 1.03 bits per heavy atom. The first-order chi connectivity index (χ1) is 15.2. The average molecular weight is 433 g/mol. The lowest BCUT2D eigenvalue weighted by atomic mass is 10.1. The molecule has 0 spiro atoms. The molecule has 0 atom stereocenters. The van der Waals surface area contributed by atoms with Gasteiger partial charge in [0.25, 0.3) is 5.91 Å². The zero-order chi connectivity index (χ0) is 21.2. The first-order valence-electron chi connectivity index (χ1n) is 9.87. The Morgan fingerprint density at radius 2 is 1.87 bits per heavy atom. The number of nitrogens with one attached hydrogen (secondary N) is 2. The number of nitrogens with zero attached hydrogens (tertiary/aromatic N) is 2. The molecule has 5 rings (SSSR count). The minimum atomic E-state index is -0.105. The summed E-state index contributed by atoms with van der Waals surface area (Å²) in [5, 5.41) is 7.24. The lowest BCUT2D eigenvalue weighted by Crippen LogP contribution is -2.22. The van der Waals surface area contributed by atoms with Crippen LogP contribution in [0.5, 0.6) is 11.5 Å². The van der Waals surface area contributed by atoms with E-state index in [1.165, 1.54) is 17.7 Å². The van der Waals surface area contributed by atoms with Crippen LogP contribution in [-0.2, 0) is 13.1 Å². The van der Waals surface area contributed by atoms with Crippen LogP contribution in [0.4, 0.5) is 5.82 Å². The van der Waals surface area contributed by atoms with Gasteiger partial charge < -0.3 is 20.1 Å². The molecule has 156 valence electrons. The molecule has 0 fully saturated rings. The maximum atomic E-state index is 12.8. The standard InChI is InChI=1S/C23H20N4O3S/c1-14-19-21(24-11-16-7-8-17-18(9-16)30-13-29-17)26-12-27-23(19)31-20(14)22(28)25-10-15-5-3-2-4-6-15/h2-9,12H,10-11,13H2,1H3,(H,25,28)(H,24,26,27). The van der Waals surface area contributed by atoms with Crippen molar-refractivity contribution in [3.05, 3.63) is 76.4 Å². The molecular formula is C23H20N4O3S. The van der Waals surface area contributed by atoms with Crippen LogP contribution in [-0.4, -0.2) is 22.7 Å². The predicted octanol–water partition coefficient (Wildman–Crippen LogP) is 4.27. The fourth-order valence-corrected chi connectivity index (χ4v) is 4.58. The van der Waals surface area contributed by atoms with E-state index in [1.807, 2.05) is 55.5 Å². The highest BCUT2D eigenvalue weighted by Gasteiger charge is 2.19. The van der Waals surface area contributed by atoms with Crippen LogP contribution in [0.3, 0.4) is 0 Å². The van der Waals surface area contributed by atoms with Gasteiger partial charge in [-0.05, 0) is 35.7 Å². The number of benzene rings is 2. The van der Waals surface area contributed by atoms with Crippen molar-refractivity contribution in [3.8, 4) is 11.5 Å². The molecule has 3 heterocycles. The Hall–Kier alpha value is -3.65. The number of anilines is 1. The van der Waals surface area contributed by atoms with E-state index in [1.54, 1.807) is 0 Å². The number of thiophene rings is 1. The average Bonchev–Trinajstić information content (AvgIpc) is 3.41. The number of amides is 1. The Kier molecular flexibility index (Phi) is 5.13. The highest BCUT2D eigenvalue weighted by Crippen LogP contribution is 2.35. The summed E-state index contributed by atoms with van der Waals surface area (Å²) in [5.74, 6) is 2.11. The Morgan fingerprint density at radius 3 is 2.74 bits per heavy atom. The molecule has 31 heavy (non-hydrogen) atoms. The number of hydrogen-bond donors (Lipinski definition) is 2. The lowest BCUT2D eigenvalue weighted by molar-refractivity contribution is 0.0954. The number of carbonyl (C=O) groups is 1. The second kappa shape index (κ2) is 8.23.